The molecule has 2 amide bonds. The third kappa shape index (κ3) is 3.76. The first-order valence-corrected chi connectivity index (χ1v) is 9.54. The minimum absolute atomic E-state index is 0.0499. The van der Waals surface area contributed by atoms with Crippen molar-refractivity contribution in [3.63, 3.8) is 0 Å². The Hall–Kier alpha value is -3.15. The summed E-state index contributed by atoms with van der Waals surface area (Å²) >= 11 is 0. The first-order valence-electron chi connectivity index (χ1n) is 9.54. The Morgan fingerprint density at radius 1 is 1.04 bits per heavy atom. The molecule has 0 aliphatic rings. The largest absolute Gasteiger partial charge is 0.342 e. The summed E-state index contributed by atoms with van der Waals surface area (Å²) < 4.78 is 2.07. The van der Waals surface area contributed by atoms with Crippen LogP contribution in [0.2, 0.25) is 0 Å². The molecule has 0 spiro atoms. The van der Waals surface area contributed by atoms with Crippen molar-refractivity contribution in [3.8, 4) is 5.69 Å². The Morgan fingerprint density at radius 2 is 1.71 bits per heavy atom. The lowest BCUT2D eigenvalue weighted by Crippen LogP contribution is -2.41. The average Bonchev–Trinajstić information content (AvgIpc) is 3.03. The van der Waals surface area contributed by atoms with Crippen LogP contribution >= 0.6 is 0 Å². The van der Waals surface area contributed by atoms with E-state index in [2.05, 4.69) is 9.55 Å². The van der Waals surface area contributed by atoms with Gasteiger partial charge in [-0.2, -0.15) is 0 Å². The highest BCUT2D eigenvalue weighted by Crippen LogP contribution is 2.22. The molecule has 1 heterocycles. The summed E-state index contributed by atoms with van der Waals surface area (Å²) in [5.74, 6) is 0.622. The zero-order valence-corrected chi connectivity index (χ0v) is 16.8. The average molecular weight is 378 g/mol. The number of hydrogen-bond donors (Lipinski definition) is 0. The molecule has 146 valence electrons. The summed E-state index contributed by atoms with van der Waals surface area (Å²) in [7, 11) is 1.65. The second-order valence-corrected chi connectivity index (χ2v) is 6.76. The number of aryl methyl sites for hydroxylation is 1. The lowest BCUT2D eigenvalue weighted by Gasteiger charge is -2.23. The molecule has 0 saturated heterocycles. The number of amides is 2. The first kappa shape index (κ1) is 19.6. The molecule has 28 heavy (non-hydrogen) atoms. The minimum Gasteiger partial charge on any atom is -0.342 e. The molecule has 0 atom stereocenters. The van der Waals surface area contributed by atoms with Gasteiger partial charge in [0.15, 0.2) is 0 Å². The van der Waals surface area contributed by atoms with Crippen molar-refractivity contribution in [2.75, 3.05) is 26.7 Å². The van der Waals surface area contributed by atoms with Crippen molar-refractivity contribution in [1.29, 1.82) is 0 Å². The number of benzene rings is 2. The minimum atomic E-state index is -0.186. The fraction of sp³-hybridized carbons (Fsp3) is 0.318. The van der Waals surface area contributed by atoms with Gasteiger partial charge in [-0.3, -0.25) is 14.2 Å². The molecule has 0 N–H and O–H groups in total. The van der Waals surface area contributed by atoms with Crippen LogP contribution in [-0.2, 0) is 4.79 Å². The number of para-hydroxylation sites is 1. The van der Waals surface area contributed by atoms with E-state index in [0.29, 0.717) is 18.7 Å². The van der Waals surface area contributed by atoms with E-state index in [-0.39, 0.29) is 18.4 Å². The van der Waals surface area contributed by atoms with E-state index in [1.54, 1.807) is 24.1 Å². The van der Waals surface area contributed by atoms with Gasteiger partial charge in [-0.25, -0.2) is 4.98 Å². The van der Waals surface area contributed by atoms with Crippen LogP contribution in [0.15, 0.2) is 48.5 Å². The Labute approximate surface area is 165 Å². The zero-order valence-electron chi connectivity index (χ0n) is 16.8. The highest BCUT2D eigenvalue weighted by molar-refractivity contribution is 5.99. The van der Waals surface area contributed by atoms with Crippen LogP contribution < -0.4 is 0 Å². The summed E-state index contributed by atoms with van der Waals surface area (Å²) in [4.78, 5) is 32.9. The summed E-state index contributed by atoms with van der Waals surface area (Å²) in [6.07, 6.45) is 0. The van der Waals surface area contributed by atoms with Crippen molar-refractivity contribution >= 4 is 22.8 Å². The second kappa shape index (κ2) is 8.25. The number of fused-ring (bicyclic) bond motifs is 1. The van der Waals surface area contributed by atoms with E-state index in [0.717, 1.165) is 22.5 Å². The Balaban J connectivity index is 1.87. The van der Waals surface area contributed by atoms with E-state index in [1.165, 1.54) is 4.90 Å². The van der Waals surface area contributed by atoms with E-state index in [9.17, 15) is 9.59 Å². The molecule has 0 aliphatic carbocycles. The zero-order chi connectivity index (χ0) is 20.3. The standard InChI is InChI=1S/C22H26N4O2/c1-5-25(6-2)21(27)15-24(4)22(28)17-12-13-20-19(14-17)23-16(3)26(20)18-10-8-7-9-11-18/h7-14H,5-6,15H2,1-4H3. The van der Waals surface area contributed by atoms with Gasteiger partial charge in [0, 0.05) is 31.4 Å². The van der Waals surface area contributed by atoms with Crippen molar-refractivity contribution in [2.24, 2.45) is 0 Å². The predicted octanol–water partition coefficient (Wildman–Crippen LogP) is 3.27. The first-order chi connectivity index (χ1) is 13.5. The van der Waals surface area contributed by atoms with E-state index in [4.69, 9.17) is 0 Å². The Bertz CT molecular complexity index is 990. The molecule has 1 aromatic heterocycles. The maximum atomic E-state index is 12.8. The lowest BCUT2D eigenvalue weighted by atomic mass is 10.1. The molecule has 0 bridgehead atoms. The molecule has 6 nitrogen and oxygen atoms in total. The van der Waals surface area contributed by atoms with Gasteiger partial charge in [0.25, 0.3) is 5.91 Å². The second-order valence-electron chi connectivity index (χ2n) is 6.76. The molecule has 0 aliphatic heterocycles. The van der Waals surface area contributed by atoms with Gasteiger partial charge in [0.2, 0.25) is 5.91 Å². The quantitative estimate of drug-likeness (QED) is 0.661. The van der Waals surface area contributed by atoms with Gasteiger partial charge < -0.3 is 9.80 Å². The Kier molecular flexibility index (Phi) is 5.78. The molecule has 6 heteroatoms. The van der Waals surface area contributed by atoms with Gasteiger partial charge in [0.05, 0.1) is 17.6 Å². The van der Waals surface area contributed by atoms with E-state index < -0.39 is 0 Å². The summed E-state index contributed by atoms with van der Waals surface area (Å²) in [6.45, 7) is 7.16. The maximum Gasteiger partial charge on any atom is 0.254 e. The van der Waals surface area contributed by atoms with Gasteiger partial charge in [-0.1, -0.05) is 18.2 Å². The third-order valence-corrected chi connectivity index (χ3v) is 4.92. The van der Waals surface area contributed by atoms with Crippen LogP contribution in [0.5, 0.6) is 0 Å². The van der Waals surface area contributed by atoms with Crippen LogP contribution in [0.3, 0.4) is 0 Å². The van der Waals surface area contributed by atoms with Crippen molar-refractivity contribution in [2.45, 2.75) is 20.8 Å². The number of rotatable bonds is 6. The maximum absolute atomic E-state index is 12.8. The SMILES string of the molecule is CCN(CC)C(=O)CN(C)C(=O)c1ccc2c(c1)nc(C)n2-c1ccccc1. The molecule has 0 fully saturated rings. The third-order valence-electron chi connectivity index (χ3n) is 4.92. The Morgan fingerprint density at radius 3 is 2.36 bits per heavy atom. The summed E-state index contributed by atoms with van der Waals surface area (Å²) in [6, 6.07) is 15.5. The van der Waals surface area contributed by atoms with Gasteiger partial charge in [-0.15, -0.1) is 0 Å². The summed E-state index contributed by atoms with van der Waals surface area (Å²) in [5.41, 5.74) is 3.27. The number of aromatic nitrogens is 2. The van der Waals surface area contributed by atoms with Gasteiger partial charge in [0.1, 0.15) is 5.82 Å². The van der Waals surface area contributed by atoms with Gasteiger partial charge in [-0.05, 0) is 51.1 Å². The van der Waals surface area contributed by atoms with Crippen molar-refractivity contribution in [3.05, 3.63) is 59.9 Å². The number of carbonyl (C=O) groups excluding carboxylic acids is 2. The fourth-order valence-electron chi connectivity index (χ4n) is 3.41. The molecule has 3 aromatic rings. The van der Waals surface area contributed by atoms with Crippen LogP contribution in [0, 0.1) is 6.92 Å². The smallest absolute Gasteiger partial charge is 0.254 e. The fourth-order valence-corrected chi connectivity index (χ4v) is 3.41. The van der Waals surface area contributed by atoms with Crippen LogP contribution in [0.4, 0.5) is 0 Å². The number of likely N-dealkylation sites (N-methyl/N-ethyl adjacent to an activating group) is 2. The normalized spacial score (nSPS) is 10.9. The molecule has 3 rings (SSSR count). The van der Waals surface area contributed by atoms with Gasteiger partial charge >= 0.3 is 0 Å². The van der Waals surface area contributed by atoms with Crippen molar-refractivity contribution in [1.82, 2.24) is 19.4 Å². The number of nitrogens with zero attached hydrogens (tertiary/aromatic N) is 4. The van der Waals surface area contributed by atoms with E-state index in [1.807, 2.05) is 57.2 Å². The van der Waals surface area contributed by atoms with Crippen LogP contribution in [-0.4, -0.2) is 57.8 Å². The molecular weight excluding hydrogens is 352 g/mol. The highest BCUT2D eigenvalue weighted by Gasteiger charge is 2.19. The highest BCUT2D eigenvalue weighted by atomic mass is 16.2. The van der Waals surface area contributed by atoms with Crippen LogP contribution in [0.25, 0.3) is 16.7 Å². The van der Waals surface area contributed by atoms with Crippen molar-refractivity contribution < 1.29 is 9.59 Å². The predicted molar refractivity (Wildman–Crippen MR) is 111 cm³/mol. The lowest BCUT2D eigenvalue weighted by molar-refractivity contribution is -0.131. The molecule has 0 radical (unpaired) electrons. The number of carbonyl (C=O) groups is 2. The molecular formula is C22H26N4O2. The number of imidazole rings is 1. The van der Waals surface area contributed by atoms with Crippen LogP contribution in [0.1, 0.15) is 30.0 Å². The number of hydrogen-bond acceptors (Lipinski definition) is 3. The summed E-state index contributed by atoms with van der Waals surface area (Å²) in [5, 5.41) is 0. The molecule has 0 saturated carbocycles. The topological polar surface area (TPSA) is 58.4 Å². The van der Waals surface area contributed by atoms with E-state index >= 15 is 0 Å². The molecule has 0 unspecified atom stereocenters. The monoisotopic (exact) mass is 378 g/mol. The molecule has 2 aromatic carbocycles.